The van der Waals surface area contributed by atoms with E-state index in [1.54, 1.807) is 37.5 Å². The quantitative estimate of drug-likeness (QED) is 0.269. The number of hydrogen-bond donors (Lipinski definition) is 0. The summed E-state index contributed by atoms with van der Waals surface area (Å²) in [4.78, 5) is 15.1. The Labute approximate surface area is 205 Å². The van der Waals surface area contributed by atoms with Crippen LogP contribution in [0.2, 0.25) is 10.0 Å². The van der Waals surface area contributed by atoms with Gasteiger partial charge in [-0.1, -0.05) is 71.4 Å². The van der Waals surface area contributed by atoms with Gasteiger partial charge in [0.2, 0.25) is 0 Å². The summed E-state index contributed by atoms with van der Waals surface area (Å²) in [7, 11) is 1.58. The van der Waals surface area contributed by atoms with Crippen LogP contribution < -0.4 is 14.4 Å². The number of hydrogen-bond acceptors (Lipinski definition) is 5. The van der Waals surface area contributed by atoms with Gasteiger partial charge in [0.1, 0.15) is 6.61 Å². The first-order valence-electron chi connectivity index (χ1n) is 9.54. The van der Waals surface area contributed by atoms with Gasteiger partial charge in [0.05, 0.1) is 17.7 Å². The van der Waals surface area contributed by atoms with Gasteiger partial charge < -0.3 is 9.47 Å². The fourth-order valence-corrected chi connectivity index (χ4v) is 4.66. The first-order chi connectivity index (χ1) is 15.5. The van der Waals surface area contributed by atoms with E-state index in [1.165, 1.54) is 16.7 Å². The number of methoxy groups -OCH3 is 1. The zero-order valence-electron chi connectivity index (χ0n) is 16.9. The number of thioether (sulfide) groups is 1. The summed E-state index contributed by atoms with van der Waals surface area (Å²) in [5.74, 6) is 0.913. The van der Waals surface area contributed by atoms with E-state index >= 15 is 0 Å². The second-order valence-electron chi connectivity index (χ2n) is 6.79. The monoisotopic (exact) mass is 501 g/mol. The van der Waals surface area contributed by atoms with Gasteiger partial charge in [0.15, 0.2) is 15.8 Å². The molecule has 0 unspecified atom stereocenters. The smallest absolute Gasteiger partial charge is 0.270 e. The lowest BCUT2D eigenvalue weighted by molar-refractivity contribution is -0.113. The van der Waals surface area contributed by atoms with Crippen molar-refractivity contribution in [3.05, 3.63) is 92.8 Å². The average molecular weight is 502 g/mol. The van der Waals surface area contributed by atoms with Crippen molar-refractivity contribution in [2.24, 2.45) is 0 Å². The Morgan fingerprint density at radius 2 is 1.66 bits per heavy atom. The molecule has 0 bridgehead atoms. The molecule has 0 radical (unpaired) electrons. The number of carbonyl (C=O) groups is 1. The Morgan fingerprint density at radius 3 is 2.31 bits per heavy atom. The van der Waals surface area contributed by atoms with Gasteiger partial charge in [-0.25, -0.2) is 0 Å². The molecule has 4 rings (SSSR count). The molecule has 8 heteroatoms. The minimum atomic E-state index is -0.200. The summed E-state index contributed by atoms with van der Waals surface area (Å²) in [6.45, 7) is 0.324. The number of carbonyl (C=O) groups excluding carboxylic acids is 1. The van der Waals surface area contributed by atoms with Gasteiger partial charge in [-0.3, -0.25) is 9.69 Å². The molecule has 1 aliphatic heterocycles. The van der Waals surface area contributed by atoms with Crippen molar-refractivity contribution in [2.45, 2.75) is 6.61 Å². The number of para-hydroxylation sites is 1. The van der Waals surface area contributed by atoms with Crippen LogP contribution in [0.15, 0.2) is 71.6 Å². The first-order valence-corrected chi connectivity index (χ1v) is 11.5. The van der Waals surface area contributed by atoms with Crippen LogP contribution in [-0.4, -0.2) is 17.3 Å². The van der Waals surface area contributed by atoms with Crippen molar-refractivity contribution in [2.75, 3.05) is 12.0 Å². The van der Waals surface area contributed by atoms with Crippen LogP contribution in [0.1, 0.15) is 11.1 Å². The molecule has 3 aromatic rings. The van der Waals surface area contributed by atoms with Gasteiger partial charge in [-0.05, 0) is 54.1 Å². The van der Waals surface area contributed by atoms with E-state index in [9.17, 15) is 4.79 Å². The number of nitrogens with zero attached hydrogens (tertiary/aromatic N) is 1. The van der Waals surface area contributed by atoms with Gasteiger partial charge in [-0.2, -0.15) is 0 Å². The van der Waals surface area contributed by atoms with E-state index < -0.39 is 0 Å². The third kappa shape index (κ3) is 4.94. The van der Waals surface area contributed by atoms with Crippen molar-refractivity contribution >= 4 is 69.2 Å². The highest BCUT2D eigenvalue weighted by Gasteiger charge is 2.33. The molecular weight excluding hydrogens is 485 g/mol. The molecule has 3 aromatic carbocycles. The van der Waals surface area contributed by atoms with E-state index in [4.69, 9.17) is 44.9 Å². The van der Waals surface area contributed by atoms with Crippen LogP contribution in [0.25, 0.3) is 6.08 Å². The second kappa shape index (κ2) is 9.96. The molecule has 1 saturated heterocycles. The van der Waals surface area contributed by atoms with Crippen molar-refractivity contribution in [1.29, 1.82) is 0 Å². The van der Waals surface area contributed by atoms with Crippen molar-refractivity contribution in [3.63, 3.8) is 0 Å². The number of rotatable bonds is 6. The molecule has 1 heterocycles. The Balaban J connectivity index is 1.63. The summed E-state index contributed by atoms with van der Waals surface area (Å²) in [5, 5.41) is 1.25. The zero-order valence-corrected chi connectivity index (χ0v) is 20.0. The maximum atomic E-state index is 13.1. The summed E-state index contributed by atoms with van der Waals surface area (Å²) in [6, 6.07) is 19.9. The molecule has 162 valence electrons. The lowest BCUT2D eigenvalue weighted by Gasteiger charge is -2.15. The summed E-state index contributed by atoms with van der Waals surface area (Å²) in [6.07, 6.45) is 1.77. The maximum absolute atomic E-state index is 13.1. The number of halogens is 2. The average Bonchev–Trinajstić information content (AvgIpc) is 3.07. The largest absolute Gasteiger partial charge is 0.493 e. The van der Waals surface area contributed by atoms with Crippen LogP contribution in [-0.2, 0) is 11.4 Å². The highest BCUT2D eigenvalue weighted by atomic mass is 35.5. The maximum Gasteiger partial charge on any atom is 0.270 e. The molecule has 4 nitrogen and oxygen atoms in total. The number of benzene rings is 3. The second-order valence-corrected chi connectivity index (χ2v) is 9.34. The molecule has 32 heavy (non-hydrogen) atoms. The normalized spacial score (nSPS) is 14.8. The fraction of sp³-hybridized carbons (Fsp3) is 0.0833. The van der Waals surface area contributed by atoms with Crippen LogP contribution >= 0.6 is 47.2 Å². The minimum Gasteiger partial charge on any atom is -0.493 e. The van der Waals surface area contributed by atoms with Crippen LogP contribution in [0.4, 0.5) is 5.69 Å². The number of thiocarbonyl (C=S) groups is 1. The van der Waals surface area contributed by atoms with Crippen molar-refractivity contribution < 1.29 is 14.3 Å². The van der Waals surface area contributed by atoms with E-state index in [1.807, 2.05) is 42.5 Å². The van der Waals surface area contributed by atoms with Crippen molar-refractivity contribution in [3.8, 4) is 11.5 Å². The molecule has 1 aliphatic rings. The Kier molecular flexibility index (Phi) is 7.06. The predicted octanol–water partition coefficient (Wildman–Crippen LogP) is 6.99. The molecule has 0 spiro atoms. The Morgan fingerprint density at radius 1 is 1.00 bits per heavy atom. The van der Waals surface area contributed by atoms with Crippen molar-refractivity contribution in [1.82, 2.24) is 0 Å². The van der Waals surface area contributed by atoms with E-state index in [0.29, 0.717) is 43.1 Å². The molecule has 1 fully saturated rings. The molecule has 0 aliphatic carbocycles. The van der Waals surface area contributed by atoms with Crippen LogP contribution in [0.3, 0.4) is 0 Å². The predicted molar refractivity (Wildman–Crippen MR) is 136 cm³/mol. The number of ether oxygens (including phenoxy) is 2. The number of anilines is 1. The third-order valence-electron chi connectivity index (χ3n) is 4.69. The lowest BCUT2D eigenvalue weighted by Crippen LogP contribution is -2.27. The van der Waals surface area contributed by atoms with Gasteiger partial charge in [-0.15, -0.1) is 0 Å². The lowest BCUT2D eigenvalue weighted by atomic mass is 10.1. The summed E-state index contributed by atoms with van der Waals surface area (Å²) >= 11 is 18.6. The Bertz CT molecular complexity index is 1190. The first kappa shape index (κ1) is 22.7. The molecule has 0 saturated carbocycles. The highest BCUT2D eigenvalue weighted by molar-refractivity contribution is 8.27. The van der Waals surface area contributed by atoms with Gasteiger partial charge in [0, 0.05) is 15.6 Å². The molecule has 1 amide bonds. The van der Waals surface area contributed by atoms with Gasteiger partial charge in [0.25, 0.3) is 5.91 Å². The highest BCUT2D eigenvalue weighted by Crippen LogP contribution is 2.39. The summed E-state index contributed by atoms with van der Waals surface area (Å²) < 4.78 is 12.0. The fourth-order valence-electron chi connectivity index (χ4n) is 3.12. The zero-order chi connectivity index (χ0) is 22.7. The third-order valence-corrected chi connectivity index (χ3v) is 6.50. The molecule has 0 atom stereocenters. The molecule has 0 N–H and O–H groups in total. The van der Waals surface area contributed by atoms with E-state index in [0.717, 1.165) is 11.1 Å². The molecular formula is C24H17Cl2NO3S2. The van der Waals surface area contributed by atoms with E-state index in [2.05, 4.69) is 0 Å². The van der Waals surface area contributed by atoms with Crippen LogP contribution in [0.5, 0.6) is 11.5 Å². The minimum absolute atomic E-state index is 0.200. The topological polar surface area (TPSA) is 38.8 Å². The SMILES string of the molecule is COc1cccc(/C=C2\SC(=S)N(c3ccc(Cl)cc3)C2=O)c1OCc1ccc(Cl)cc1. The Hall–Kier alpha value is -2.51. The van der Waals surface area contributed by atoms with E-state index in [-0.39, 0.29) is 5.91 Å². The standard InChI is InChI=1S/C24H17Cl2NO3S2/c1-29-20-4-2-3-16(22(20)30-14-15-5-7-17(25)8-6-15)13-21-23(28)27(24(31)32-21)19-11-9-18(26)10-12-19/h2-13H,14H2,1H3/b21-13-. The van der Waals surface area contributed by atoms with Gasteiger partial charge >= 0.3 is 0 Å². The number of amides is 1. The summed E-state index contributed by atoms with van der Waals surface area (Å²) in [5.41, 5.74) is 2.35. The van der Waals surface area contributed by atoms with Crippen LogP contribution in [0, 0.1) is 0 Å². The molecule has 0 aromatic heterocycles.